The highest BCUT2D eigenvalue weighted by atomic mass is 79.9. The molecule has 0 aliphatic carbocycles. The second-order valence-corrected chi connectivity index (χ2v) is 4.97. The van der Waals surface area contributed by atoms with E-state index in [1.807, 2.05) is 36.4 Å². The highest BCUT2D eigenvalue weighted by Crippen LogP contribution is 2.22. The van der Waals surface area contributed by atoms with Gasteiger partial charge in [-0.3, -0.25) is 4.79 Å². The van der Waals surface area contributed by atoms with E-state index in [2.05, 4.69) is 27.5 Å². The van der Waals surface area contributed by atoms with E-state index in [9.17, 15) is 4.79 Å². The number of halogens is 1. The number of hydrogen-bond acceptors (Lipinski definition) is 2. The van der Waals surface area contributed by atoms with Gasteiger partial charge in [0.2, 0.25) is 0 Å². The maximum absolute atomic E-state index is 12.1. The fraction of sp³-hybridized carbons (Fsp3) is 0.200. The molecule has 0 radical (unpaired) electrons. The van der Waals surface area contributed by atoms with E-state index >= 15 is 0 Å². The predicted molar refractivity (Wildman–Crippen MR) is 77.8 cm³/mol. The summed E-state index contributed by atoms with van der Waals surface area (Å²) in [5.74, 6) is 0.0782. The molecular formula is C15H14BrNO. The fourth-order valence-corrected chi connectivity index (χ4v) is 2.37. The number of carbonyl (C=O) groups is 1. The summed E-state index contributed by atoms with van der Waals surface area (Å²) in [6, 6.07) is 9.74. The molecule has 2 rings (SSSR count). The number of rotatable bonds is 5. The second-order valence-electron chi connectivity index (χ2n) is 4.12. The first kappa shape index (κ1) is 13.0. The average molecular weight is 304 g/mol. The van der Waals surface area contributed by atoms with Crippen molar-refractivity contribution in [2.24, 2.45) is 0 Å². The standard InChI is InChI=1S/C15H14BrNO/c1-2-3-4-9-14(18)15-12(16)10-11-7-5-6-8-13(11)17-15/h2,5-8,10H,1,3-4,9H2. The normalized spacial score (nSPS) is 10.5. The van der Waals surface area contributed by atoms with E-state index in [-0.39, 0.29) is 5.78 Å². The molecule has 0 amide bonds. The van der Waals surface area contributed by atoms with Crippen LogP contribution in [0.5, 0.6) is 0 Å². The summed E-state index contributed by atoms with van der Waals surface area (Å²) in [6.07, 6.45) is 4.02. The summed E-state index contributed by atoms with van der Waals surface area (Å²) in [5, 5.41) is 1.03. The van der Waals surface area contributed by atoms with E-state index in [1.54, 1.807) is 0 Å². The van der Waals surface area contributed by atoms with Crippen LogP contribution in [0, 0.1) is 0 Å². The monoisotopic (exact) mass is 303 g/mol. The molecule has 0 unspecified atom stereocenters. The second kappa shape index (κ2) is 5.91. The summed E-state index contributed by atoms with van der Waals surface area (Å²) in [6.45, 7) is 3.65. The first-order chi connectivity index (χ1) is 8.72. The molecule has 3 heteroatoms. The summed E-state index contributed by atoms with van der Waals surface area (Å²) >= 11 is 3.42. The fourth-order valence-electron chi connectivity index (χ4n) is 1.81. The Morgan fingerprint density at radius 2 is 2.17 bits per heavy atom. The van der Waals surface area contributed by atoms with Gasteiger partial charge < -0.3 is 0 Å². The summed E-state index contributed by atoms with van der Waals surface area (Å²) in [4.78, 5) is 16.5. The minimum atomic E-state index is 0.0782. The van der Waals surface area contributed by atoms with Gasteiger partial charge in [-0.15, -0.1) is 6.58 Å². The Morgan fingerprint density at radius 3 is 2.94 bits per heavy atom. The largest absolute Gasteiger partial charge is 0.292 e. The van der Waals surface area contributed by atoms with E-state index in [4.69, 9.17) is 0 Å². The van der Waals surface area contributed by atoms with Crippen molar-refractivity contribution in [3.8, 4) is 0 Å². The number of para-hydroxylation sites is 1. The lowest BCUT2D eigenvalue weighted by Gasteiger charge is -2.05. The molecule has 1 aromatic carbocycles. The van der Waals surface area contributed by atoms with Crippen LogP contribution in [0.15, 0.2) is 47.5 Å². The summed E-state index contributed by atoms with van der Waals surface area (Å²) in [7, 11) is 0. The Balaban J connectivity index is 2.29. The first-order valence-electron chi connectivity index (χ1n) is 5.92. The van der Waals surface area contributed by atoms with Crippen LogP contribution in [-0.4, -0.2) is 10.8 Å². The Morgan fingerprint density at radius 1 is 1.39 bits per heavy atom. The number of carbonyl (C=O) groups excluding carboxylic acids is 1. The Bertz CT molecular complexity index is 592. The van der Waals surface area contributed by atoms with Crippen molar-refractivity contribution in [3.05, 3.63) is 53.2 Å². The number of unbranched alkanes of at least 4 members (excludes halogenated alkanes) is 1. The van der Waals surface area contributed by atoms with Crippen molar-refractivity contribution in [3.63, 3.8) is 0 Å². The zero-order valence-electron chi connectivity index (χ0n) is 10.0. The van der Waals surface area contributed by atoms with Crippen molar-refractivity contribution >= 4 is 32.6 Å². The number of pyridine rings is 1. The number of ketones is 1. The van der Waals surface area contributed by atoms with Crippen LogP contribution in [0.25, 0.3) is 10.9 Å². The van der Waals surface area contributed by atoms with E-state index in [0.29, 0.717) is 12.1 Å². The average Bonchev–Trinajstić information content (AvgIpc) is 2.38. The van der Waals surface area contributed by atoms with E-state index in [1.165, 1.54) is 0 Å². The molecule has 1 heterocycles. The van der Waals surface area contributed by atoms with Gasteiger partial charge in [0.05, 0.1) is 5.52 Å². The van der Waals surface area contributed by atoms with E-state index < -0.39 is 0 Å². The maximum Gasteiger partial charge on any atom is 0.182 e. The third-order valence-corrected chi connectivity index (χ3v) is 3.36. The molecule has 0 aliphatic heterocycles. The molecule has 92 valence electrons. The van der Waals surface area contributed by atoms with E-state index in [0.717, 1.165) is 28.2 Å². The number of hydrogen-bond donors (Lipinski definition) is 0. The van der Waals surface area contributed by atoms with Gasteiger partial charge in [0.25, 0.3) is 0 Å². The Labute approximate surface area is 115 Å². The molecule has 0 fully saturated rings. The third-order valence-electron chi connectivity index (χ3n) is 2.75. The van der Waals surface area contributed by atoms with Gasteiger partial charge in [-0.25, -0.2) is 4.98 Å². The topological polar surface area (TPSA) is 30.0 Å². The lowest BCUT2D eigenvalue weighted by Crippen LogP contribution is -2.03. The Kier molecular flexibility index (Phi) is 4.26. The summed E-state index contributed by atoms with van der Waals surface area (Å²) < 4.78 is 0.768. The maximum atomic E-state index is 12.1. The van der Waals surface area contributed by atoms with Gasteiger partial charge in [-0.2, -0.15) is 0 Å². The molecule has 0 saturated carbocycles. The van der Waals surface area contributed by atoms with Crippen molar-refractivity contribution in [2.75, 3.05) is 0 Å². The summed E-state index contributed by atoms with van der Waals surface area (Å²) in [5.41, 5.74) is 1.38. The number of benzene rings is 1. The minimum absolute atomic E-state index is 0.0782. The van der Waals surface area contributed by atoms with Crippen molar-refractivity contribution < 1.29 is 4.79 Å². The first-order valence-corrected chi connectivity index (χ1v) is 6.71. The van der Waals surface area contributed by atoms with Crippen LogP contribution in [0.2, 0.25) is 0 Å². The lowest BCUT2D eigenvalue weighted by atomic mass is 10.1. The molecule has 18 heavy (non-hydrogen) atoms. The van der Waals surface area contributed by atoms with Gasteiger partial charge in [0.15, 0.2) is 5.78 Å². The molecule has 2 aromatic rings. The minimum Gasteiger partial charge on any atom is -0.292 e. The molecular weight excluding hydrogens is 290 g/mol. The van der Waals surface area contributed by atoms with Gasteiger partial charge in [0.1, 0.15) is 5.69 Å². The molecule has 0 aliphatic rings. The number of aromatic nitrogens is 1. The van der Waals surface area contributed by atoms with Crippen molar-refractivity contribution in [1.82, 2.24) is 4.98 Å². The molecule has 2 nitrogen and oxygen atoms in total. The number of Topliss-reactive ketones (excluding diaryl/α,β-unsaturated/α-hetero) is 1. The van der Waals surface area contributed by atoms with Crippen molar-refractivity contribution in [1.29, 1.82) is 0 Å². The molecule has 0 N–H and O–H groups in total. The SMILES string of the molecule is C=CCCCC(=O)c1nc2ccccc2cc1Br. The van der Waals surface area contributed by atoms with Gasteiger partial charge in [-0.1, -0.05) is 24.3 Å². The number of fused-ring (bicyclic) bond motifs is 1. The molecule has 0 atom stereocenters. The number of nitrogens with zero attached hydrogens (tertiary/aromatic N) is 1. The molecule has 0 saturated heterocycles. The molecule has 0 bridgehead atoms. The van der Waals surface area contributed by atoms with Crippen LogP contribution in [0.1, 0.15) is 29.8 Å². The predicted octanol–water partition coefficient (Wildman–Crippen LogP) is 4.54. The molecule has 1 aromatic heterocycles. The zero-order chi connectivity index (χ0) is 13.0. The third kappa shape index (κ3) is 2.85. The van der Waals surface area contributed by atoms with Crippen molar-refractivity contribution in [2.45, 2.75) is 19.3 Å². The quantitative estimate of drug-likeness (QED) is 0.461. The highest BCUT2D eigenvalue weighted by molar-refractivity contribution is 9.10. The molecule has 0 spiro atoms. The lowest BCUT2D eigenvalue weighted by molar-refractivity contribution is 0.0975. The van der Waals surface area contributed by atoms with Crippen LogP contribution < -0.4 is 0 Å². The van der Waals surface area contributed by atoms with Gasteiger partial charge in [0, 0.05) is 16.3 Å². The van der Waals surface area contributed by atoms with Crippen LogP contribution in [0.4, 0.5) is 0 Å². The Hall–Kier alpha value is -1.48. The van der Waals surface area contributed by atoms with Gasteiger partial charge >= 0.3 is 0 Å². The smallest absolute Gasteiger partial charge is 0.182 e. The van der Waals surface area contributed by atoms with Crippen LogP contribution in [-0.2, 0) is 0 Å². The van der Waals surface area contributed by atoms with Crippen LogP contribution in [0.3, 0.4) is 0 Å². The number of allylic oxidation sites excluding steroid dienone is 1. The van der Waals surface area contributed by atoms with Crippen LogP contribution >= 0.6 is 15.9 Å². The highest BCUT2D eigenvalue weighted by Gasteiger charge is 2.12. The van der Waals surface area contributed by atoms with Gasteiger partial charge in [-0.05, 0) is 40.9 Å². The zero-order valence-corrected chi connectivity index (χ0v) is 11.6.